The minimum absolute atomic E-state index is 0.276. The van der Waals surface area contributed by atoms with Crippen molar-refractivity contribution in [2.24, 2.45) is 0 Å². The summed E-state index contributed by atoms with van der Waals surface area (Å²) in [6.45, 7) is 0. The number of likely N-dealkylation sites (N-methyl/N-ethyl adjacent to an activating group) is 1. The lowest BCUT2D eigenvalue weighted by Crippen LogP contribution is -2.34. The van der Waals surface area contributed by atoms with E-state index < -0.39 is 6.23 Å². The highest BCUT2D eigenvalue weighted by Gasteiger charge is 2.17. The van der Waals surface area contributed by atoms with Gasteiger partial charge < -0.3 is 15.7 Å². The molecule has 1 heterocycles. The quantitative estimate of drug-likeness (QED) is 0.472. The van der Waals surface area contributed by atoms with Gasteiger partial charge in [0.05, 0.1) is 0 Å². The van der Waals surface area contributed by atoms with Crippen LogP contribution in [0.3, 0.4) is 0 Å². The Morgan fingerprint density at radius 2 is 2.06 bits per heavy atom. The number of amides is 1. The highest BCUT2D eigenvalue weighted by Crippen LogP contribution is 2.23. The number of fused-ring (bicyclic) bond motifs is 1. The van der Waals surface area contributed by atoms with E-state index in [1.54, 1.807) is 12.1 Å². The lowest BCUT2D eigenvalue weighted by molar-refractivity contribution is 0.0760. The van der Waals surface area contributed by atoms with Crippen molar-refractivity contribution in [3.63, 3.8) is 0 Å². The lowest BCUT2D eigenvalue weighted by Gasteiger charge is -2.24. The van der Waals surface area contributed by atoms with Gasteiger partial charge in [-0.1, -0.05) is 34.8 Å². The second kappa shape index (κ2) is 10.1. The topological polar surface area (TPSA) is 87.1 Å². The molecule has 2 atom stereocenters. The average Bonchev–Trinajstić information content (AvgIpc) is 3.33. The van der Waals surface area contributed by atoms with E-state index in [9.17, 15) is 9.90 Å². The number of rotatable bonds is 8. The number of nitrogens with zero attached hydrogens (tertiary/aromatic N) is 2. The number of aromatic nitrogens is 2. The van der Waals surface area contributed by atoms with Crippen LogP contribution in [0.25, 0.3) is 11.3 Å². The van der Waals surface area contributed by atoms with Gasteiger partial charge in [0.25, 0.3) is 5.91 Å². The summed E-state index contributed by atoms with van der Waals surface area (Å²) < 4.78 is 3.85. The van der Waals surface area contributed by atoms with Gasteiger partial charge in [0.2, 0.25) is 0 Å². The van der Waals surface area contributed by atoms with Crippen LogP contribution in [-0.4, -0.2) is 39.9 Å². The molecule has 0 spiro atoms. The highest BCUT2D eigenvalue weighted by atomic mass is 32.1. The van der Waals surface area contributed by atoms with Gasteiger partial charge in [-0.05, 0) is 85.9 Å². The molecule has 0 aliphatic heterocycles. The maximum absolute atomic E-state index is 12.4. The minimum atomic E-state index is -0.860. The third kappa shape index (κ3) is 5.55. The molecular formula is C24H28N4O2S. The summed E-state index contributed by atoms with van der Waals surface area (Å²) in [5.41, 5.74) is 6.41. The molecule has 4 rings (SSSR count). The fraction of sp³-hybridized carbons (Fsp3) is 0.375. The van der Waals surface area contributed by atoms with Crippen molar-refractivity contribution in [3.05, 3.63) is 70.1 Å². The van der Waals surface area contributed by atoms with Crippen LogP contribution in [-0.2, 0) is 19.3 Å². The second-order valence-corrected chi connectivity index (χ2v) is 8.69. The fourth-order valence-electron chi connectivity index (χ4n) is 4.10. The van der Waals surface area contributed by atoms with E-state index in [4.69, 9.17) is 0 Å². The zero-order valence-electron chi connectivity index (χ0n) is 17.7. The Labute approximate surface area is 186 Å². The standard InChI is InChI=1S/C24H28N4O2S/c1-25-21-12-11-17-6-5-16(13-20(17)14-21)3-2-4-23(29)26-24(30)19-9-7-18(8-10-19)22-15-31-28-27-22/h5-10,13,15,21,23,25,29H,2-4,11-12,14H2,1H3,(H,26,30)/t21-,23?/m0/s1. The number of carbonyl (C=O) groups is 1. The van der Waals surface area contributed by atoms with Gasteiger partial charge in [0, 0.05) is 22.5 Å². The molecule has 3 aromatic rings. The Hall–Kier alpha value is -2.61. The number of carbonyl (C=O) groups excluding carboxylic acids is 1. The molecule has 3 N–H and O–H groups in total. The minimum Gasteiger partial charge on any atom is -0.374 e. The summed E-state index contributed by atoms with van der Waals surface area (Å²) in [7, 11) is 2.03. The SMILES string of the molecule is CN[C@H]1CCc2ccc(CCCC(O)NC(=O)c3ccc(-c4csnn4)cc3)cc2C1. The predicted octanol–water partition coefficient (Wildman–Crippen LogP) is 3.35. The summed E-state index contributed by atoms with van der Waals surface area (Å²) in [6, 6.07) is 14.5. The van der Waals surface area contributed by atoms with Gasteiger partial charge in [-0.2, -0.15) is 0 Å². The molecule has 31 heavy (non-hydrogen) atoms. The largest absolute Gasteiger partial charge is 0.374 e. The normalized spacial score (nSPS) is 16.5. The number of aliphatic hydroxyl groups is 1. The second-order valence-electron chi connectivity index (χ2n) is 8.08. The maximum Gasteiger partial charge on any atom is 0.253 e. The number of hydrogen-bond donors (Lipinski definition) is 3. The Balaban J connectivity index is 1.25. The van der Waals surface area contributed by atoms with Crippen molar-refractivity contribution in [2.75, 3.05) is 7.05 Å². The van der Waals surface area contributed by atoms with E-state index in [-0.39, 0.29) is 5.91 Å². The van der Waals surface area contributed by atoms with Crippen LogP contribution < -0.4 is 10.6 Å². The number of nitrogens with one attached hydrogen (secondary N) is 2. The number of aryl methyl sites for hydroxylation is 2. The molecule has 7 heteroatoms. The Bertz CT molecular complexity index is 1000. The van der Waals surface area contributed by atoms with Gasteiger partial charge in [-0.3, -0.25) is 4.79 Å². The zero-order valence-corrected chi connectivity index (χ0v) is 18.5. The molecule has 162 valence electrons. The molecule has 1 aromatic heterocycles. The van der Waals surface area contributed by atoms with Crippen molar-refractivity contribution < 1.29 is 9.90 Å². The van der Waals surface area contributed by atoms with Gasteiger partial charge >= 0.3 is 0 Å². The van der Waals surface area contributed by atoms with E-state index in [0.29, 0.717) is 18.0 Å². The van der Waals surface area contributed by atoms with Crippen molar-refractivity contribution in [1.29, 1.82) is 0 Å². The number of benzene rings is 2. The number of hydrogen-bond acceptors (Lipinski definition) is 6. The van der Waals surface area contributed by atoms with Crippen molar-refractivity contribution in [2.45, 2.75) is 50.8 Å². The van der Waals surface area contributed by atoms with Gasteiger partial charge in [0.15, 0.2) is 0 Å². The Kier molecular flexibility index (Phi) is 7.06. The molecule has 0 bridgehead atoms. The Morgan fingerprint density at radius 1 is 1.23 bits per heavy atom. The first-order chi connectivity index (χ1) is 15.1. The molecule has 1 unspecified atom stereocenters. The first-order valence-corrected chi connectivity index (χ1v) is 11.6. The van der Waals surface area contributed by atoms with Crippen LogP contribution in [0, 0.1) is 0 Å². The average molecular weight is 437 g/mol. The first-order valence-electron chi connectivity index (χ1n) is 10.8. The van der Waals surface area contributed by atoms with E-state index in [1.807, 2.05) is 24.6 Å². The first kappa shape index (κ1) is 21.6. The molecule has 0 saturated carbocycles. The molecule has 0 fully saturated rings. The Morgan fingerprint density at radius 3 is 2.81 bits per heavy atom. The van der Waals surface area contributed by atoms with Gasteiger partial charge in [-0.25, -0.2) is 0 Å². The molecular weight excluding hydrogens is 408 g/mol. The smallest absolute Gasteiger partial charge is 0.253 e. The zero-order chi connectivity index (χ0) is 21.6. The molecule has 1 aliphatic rings. The molecule has 2 aromatic carbocycles. The van der Waals surface area contributed by atoms with E-state index in [2.05, 4.69) is 38.4 Å². The molecule has 1 aliphatic carbocycles. The summed E-state index contributed by atoms with van der Waals surface area (Å²) >= 11 is 1.29. The van der Waals surface area contributed by atoms with E-state index in [1.165, 1.54) is 34.6 Å². The van der Waals surface area contributed by atoms with Crippen molar-refractivity contribution in [3.8, 4) is 11.3 Å². The van der Waals surface area contributed by atoms with E-state index >= 15 is 0 Å². The molecule has 0 radical (unpaired) electrons. The number of aliphatic hydroxyl groups excluding tert-OH is 1. The summed E-state index contributed by atoms with van der Waals surface area (Å²) in [6.07, 6.45) is 4.76. The monoisotopic (exact) mass is 436 g/mol. The van der Waals surface area contributed by atoms with Gasteiger partial charge in [0.1, 0.15) is 11.9 Å². The van der Waals surface area contributed by atoms with Gasteiger partial charge in [-0.15, -0.1) is 5.10 Å². The fourth-order valence-corrected chi connectivity index (χ4v) is 4.57. The van der Waals surface area contributed by atoms with E-state index in [0.717, 1.165) is 36.9 Å². The van der Waals surface area contributed by atoms with Crippen LogP contribution in [0.15, 0.2) is 47.8 Å². The third-order valence-electron chi connectivity index (χ3n) is 5.95. The van der Waals surface area contributed by atoms with Crippen molar-refractivity contribution >= 4 is 17.4 Å². The maximum atomic E-state index is 12.4. The van der Waals surface area contributed by atoms with Crippen LogP contribution in [0.2, 0.25) is 0 Å². The lowest BCUT2D eigenvalue weighted by atomic mass is 9.86. The molecule has 0 saturated heterocycles. The van der Waals surface area contributed by atoms with Crippen LogP contribution >= 0.6 is 11.5 Å². The van der Waals surface area contributed by atoms with Crippen LogP contribution in [0.1, 0.15) is 46.3 Å². The highest BCUT2D eigenvalue weighted by molar-refractivity contribution is 7.03. The third-order valence-corrected chi connectivity index (χ3v) is 6.46. The van der Waals surface area contributed by atoms with Crippen molar-refractivity contribution in [1.82, 2.24) is 20.2 Å². The van der Waals surface area contributed by atoms with Crippen LogP contribution in [0.5, 0.6) is 0 Å². The summed E-state index contributed by atoms with van der Waals surface area (Å²) in [4.78, 5) is 12.4. The predicted molar refractivity (Wildman–Crippen MR) is 123 cm³/mol. The molecule has 6 nitrogen and oxygen atoms in total. The van der Waals surface area contributed by atoms with Crippen LogP contribution in [0.4, 0.5) is 0 Å². The molecule has 1 amide bonds. The summed E-state index contributed by atoms with van der Waals surface area (Å²) in [5.74, 6) is -0.276. The summed E-state index contributed by atoms with van der Waals surface area (Å²) in [5, 5.41) is 22.2.